The second kappa shape index (κ2) is 3.34. The summed E-state index contributed by atoms with van der Waals surface area (Å²) in [5.41, 5.74) is 0. The smallest absolute Gasteiger partial charge is 0.325 e. The zero-order valence-corrected chi connectivity index (χ0v) is 5.68. The molecule has 0 bridgehead atoms. The lowest BCUT2D eigenvalue weighted by Gasteiger charge is -2.03. The van der Waals surface area contributed by atoms with E-state index in [2.05, 4.69) is 17.9 Å². The van der Waals surface area contributed by atoms with Gasteiger partial charge < -0.3 is 10.4 Å². The molecule has 1 amide bonds. The summed E-state index contributed by atoms with van der Waals surface area (Å²) in [6, 6.07) is -0.866. The number of amides is 1. The number of rotatable bonds is 2. The number of hydrogen-bond acceptors (Lipinski definition) is 2. The van der Waals surface area contributed by atoms with Crippen LogP contribution in [0.25, 0.3) is 0 Å². The van der Waals surface area contributed by atoms with Gasteiger partial charge in [-0.15, -0.1) is 0 Å². The van der Waals surface area contributed by atoms with E-state index in [-0.39, 0.29) is 0 Å². The first kappa shape index (κ1) is 8.29. The highest BCUT2D eigenvalue weighted by Crippen LogP contribution is 1.83. The van der Waals surface area contributed by atoms with Gasteiger partial charge in [0.05, 0.1) is 0 Å². The largest absolute Gasteiger partial charge is 0.480 e. The van der Waals surface area contributed by atoms with Crippen molar-refractivity contribution >= 4 is 23.8 Å². The third-order valence-corrected chi connectivity index (χ3v) is 0.840. The molecule has 0 aromatic carbocycles. The predicted molar refractivity (Wildman–Crippen MR) is 34.6 cm³/mol. The average molecular weight is 149 g/mol. The fourth-order valence-electron chi connectivity index (χ4n) is 0.247. The molecule has 2 N–H and O–H groups in total. The van der Waals surface area contributed by atoms with Gasteiger partial charge in [-0.3, -0.25) is 9.59 Å². The van der Waals surface area contributed by atoms with Crippen molar-refractivity contribution in [2.24, 2.45) is 0 Å². The third-order valence-electron chi connectivity index (χ3n) is 0.710. The number of aliphatic carboxylic acids is 1. The molecule has 5 heteroatoms. The Morgan fingerprint density at radius 2 is 2.11 bits per heavy atom. The molecule has 0 aliphatic carbocycles. The number of thiol groups is 1. The molecule has 9 heavy (non-hydrogen) atoms. The molecular formula is C4H7NO3S. The summed E-state index contributed by atoms with van der Waals surface area (Å²) >= 11 is 3.32. The highest BCUT2D eigenvalue weighted by molar-refractivity contribution is 7.96. The van der Waals surface area contributed by atoms with E-state index in [0.29, 0.717) is 0 Å². The zero-order valence-electron chi connectivity index (χ0n) is 4.79. The van der Waals surface area contributed by atoms with E-state index in [1.54, 1.807) is 0 Å². The molecule has 0 rings (SSSR count). The van der Waals surface area contributed by atoms with Crippen LogP contribution in [0.1, 0.15) is 6.92 Å². The molecule has 52 valence electrons. The maximum atomic E-state index is 10.0. The van der Waals surface area contributed by atoms with Crippen molar-refractivity contribution < 1.29 is 14.7 Å². The van der Waals surface area contributed by atoms with Crippen LogP contribution in [-0.2, 0) is 4.79 Å². The van der Waals surface area contributed by atoms with Crippen LogP contribution in [0.3, 0.4) is 0 Å². The molecule has 0 radical (unpaired) electrons. The fourth-order valence-corrected chi connectivity index (χ4v) is 0.441. The van der Waals surface area contributed by atoms with Gasteiger partial charge in [0.15, 0.2) is 0 Å². The Kier molecular flexibility index (Phi) is 3.08. The molecule has 4 nitrogen and oxygen atoms in total. The van der Waals surface area contributed by atoms with Crippen LogP contribution in [0.15, 0.2) is 0 Å². The van der Waals surface area contributed by atoms with Crippen LogP contribution in [0, 0.1) is 0 Å². The summed E-state index contributed by atoms with van der Waals surface area (Å²) in [7, 11) is 0. The molecular weight excluding hydrogens is 142 g/mol. The number of carbonyl (C=O) groups excluding carboxylic acids is 1. The second-order valence-corrected chi connectivity index (χ2v) is 1.92. The van der Waals surface area contributed by atoms with Gasteiger partial charge in [0, 0.05) is 0 Å². The normalized spacial score (nSPS) is 12.2. The Morgan fingerprint density at radius 1 is 1.67 bits per heavy atom. The van der Waals surface area contributed by atoms with Crippen molar-refractivity contribution in [2.75, 3.05) is 0 Å². The van der Waals surface area contributed by atoms with E-state index in [1.807, 2.05) is 0 Å². The predicted octanol–water partition coefficient (Wildman–Crippen LogP) is 0.0989. The lowest BCUT2D eigenvalue weighted by molar-refractivity contribution is -0.138. The van der Waals surface area contributed by atoms with Crippen LogP contribution >= 0.6 is 12.6 Å². The molecule has 1 unspecified atom stereocenters. The standard InChI is InChI=1S/C4H7NO3S/c1-2(3(6)7)5-4(8)9/h2H,1H3,(H,6,7)(H2,5,8,9). The monoisotopic (exact) mass is 149 g/mol. The number of carboxylic acids is 1. The number of nitrogens with one attached hydrogen (secondary N) is 1. The molecule has 0 heterocycles. The summed E-state index contributed by atoms with van der Waals surface area (Å²) in [4.78, 5) is 20.0. The molecule has 0 fully saturated rings. The Labute approximate surface area is 57.7 Å². The highest BCUT2D eigenvalue weighted by atomic mass is 32.1. The van der Waals surface area contributed by atoms with Crippen molar-refractivity contribution in [3.63, 3.8) is 0 Å². The zero-order chi connectivity index (χ0) is 7.44. The van der Waals surface area contributed by atoms with Crippen molar-refractivity contribution in [3.05, 3.63) is 0 Å². The summed E-state index contributed by atoms with van der Waals surface area (Å²) in [5, 5.41) is 9.62. The summed E-state index contributed by atoms with van der Waals surface area (Å²) < 4.78 is 0. The van der Waals surface area contributed by atoms with E-state index in [1.165, 1.54) is 6.92 Å². The third kappa shape index (κ3) is 3.84. The molecule has 0 saturated heterocycles. The van der Waals surface area contributed by atoms with E-state index < -0.39 is 17.3 Å². The van der Waals surface area contributed by atoms with Gasteiger partial charge in [-0.05, 0) is 6.92 Å². The quantitative estimate of drug-likeness (QED) is 0.488. The first-order valence-corrected chi connectivity index (χ1v) is 2.71. The molecule has 0 aromatic heterocycles. The first-order valence-electron chi connectivity index (χ1n) is 2.26. The molecule has 0 aliphatic heterocycles. The Bertz CT molecular complexity index is 136. The minimum Gasteiger partial charge on any atom is -0.480 e. The number of hydrogen-bond donors (Lipinski definition) is 3. The lowest BCUT2D eigenvalue weighted by atomic mass is 10.4. The Morgan fingerprint density at radius 3 is 2.22 bits per heavy atom. The average Bonchev–Trinajstić information content (AvgIpc) is 1.63. The van der Waals surface area contributed by atoms with Crippen LogP contribution < -0.4 is 5.32 Å². The summed E-state index contributed by atoms with van der Waals surface area (Å²) in [6.07, 6.45) is 0. The van der Waals surface area contributed by atoms with Crippen molar-refractivity contribution in [3.8, 4) is 0 Å². The van der Waals surface area contributed by atoms with Crippen LogP contribution in [-0.4, -0.2) is 22.4 Å². The van der Waals surface area contributed by atoms with E-state index >= 15 is 0 Å². The fraction of sp³-hybridized carbons (Fsp3) is 0.500. The van der Waals surface area contributed by atoms with Gasteiger partial charge in [0.2, 0.25) is 0 Å². The SMILES string of the molecule is CC(NC(=O)S)C(=O)O. The van der Waals surface area contributed by atoms with Crippen molar-refractivity contribution in [1.29, 1.82) is 0 Å². The molecule has 0 aliphatic rings. The van der Waals surface area contributed by atoms with Crippen LogP contribution in [0.5, 0.6) is 0 Å². The van der Waals surface area contributed by atoms with Crippen LogP contribution in [0.2, 0.25) is 0 Å². The number of carboxylic acid groups (broad SMARTS) is 1. The van der Waals surface area contributed by atoms with E-state index in [0.717, 1.165) is 0 Å². The first-order chi connectivity index (χ1) is 4.04. The van der Waals surface area contributed by atoms with Gasteiger partial charge >= 0.3 is 5.97 Å². The van der Waals surface area contributed by atoms with Gasteiger partial charge in [0.25, 0.3) is 5.24 Å². The topological polar surface area (TPSA) is 66.4 Å². The highest BCUT2D eigenvalue weighted by Gasteiger charge is 2.10. The molecule has 0 saturated carbocycles. The van der Waals surface area contributed by atoms with Gasteiger partial charge in [-0.1, -0.05) is 12.6 Å². The molecule has 1 atom stereocenters. The maximum Gasteiger partial charge on any atom is 0.325 e. The van der Waals surface area contributed by atoms with Gasteiger partial charge in [-0.25, -0.2) is 0 Å². The summed E-state index contributed by atoms with van der Waals surface area (Å²) in [5.74, 6) is -1.07. The van der Waals surface area contributed by atoms with Crippen molar-refractivity contribution in [1.82, 2.24) is 5.32 Å². The summed E-state index contributed by atoms with van der Waals surface area (Å²) in [6.45, 7) is 1.36. The number of carbonyl (C=O) groups is 2. The van der Waals surface area contributed by atoms with E-state index in [4.69, 9.17) is 5.11 Å². The molecule has 0 aromatic rings. The van der Waals surface area contributed by atoms with Crippen LogP contribution in [0.4, 0.5) is 4.79 Å². The minimum absolute atomic E-state index is 0.634. The second-order valence-electron chi connectivity index (χ2n) is 1.51. The Balaban J connectivity index is 3.63. The Hall–Kier alpha value is -0.710. The van der Waals surface area contributed by atoms with E-state index in [9.17, 15) is 9.59 Å². The maximum absolute atomic E-state index is 10.0. The van der Waals surface area contributed by atoms with Crippen molar-refractivity contribution in [2.45, 2.75) is 13.0 Å². The molecule has 0 spiro atoms. The van der Waals surface area contributed by atoms with Gasteiger partial charge in [0.1, 0.15) is 6.04 Å². The minimum atomic E-state index is -1.07. The van der Waals surface area contributed by atoms with Gasteiger partial charge in [-0.2, -0.15) is 0 Å². The lowest BCUT2D eigenvalue weighted by Crippen LogP contribution is -2.35.